The second-order valence-electron chi connectivity index (χ2n) is 3.69. The first-order valence-electron chi connectivity index (χ1n) is 5.70. The zero-order chi connectivity index (χ0) is 14.9. The predicted molar refractivity (Wildman–Crippen MR) is 76.7 cm³/mol. The molecule has 0 aliphatic rings. The van der Waals surface area contributed by atoms with E-state index in [0.29, 0.717) is 12.4 Å². The molecule has 0 fully saturated rings. The zero-order valence-electron chi connectivity index (χ0n) is 11.2. The fourth-order valence-electron chi connectivity index (χ4n) is 0.943. The van der Waals surface area contributed by atoms with E-state index in [1.165, 1.54) is 6.66 Å². The molecule has 0 aliphatic heterocycles. The molecule has 1 rings (SSSR count). The molecule has 19 heavy (non-hydrogen) atoms. The van der Waals surface area contributed by atoms with Crippen LogP contribution in [0, 0.1) is 0 Å². The number of benzene rings is 1. The molecule has 0 saturated carbocycles. The van der Waals surface area contributed by atoms with Crippen LogP contribution < -0.4 is 10.3 Å². The van der Waals surface area contributed by atoms with E-state index >= 15 is 0 Å². The minimum atomic E-state index is -2.92. The normalized spacial score (nSPS) is 14.4. The second kappa shape index (κ2) is 8.97. The average Bonchev–Trinajstić information content (AvgIpc) is 2.29. The third-order valence-electron chi connectivity index (χ3n) is 1.67. The van der Waals surface area contributed by atoms with Crippen molar-refractivity contribution in [2.75, 3.05) is 13.3 Å². The van der Waals surface area contributed by atoms with Crippen LogP contribution in [0.4, 0.5) is 0 Å². The number of ether oxygens (including phenoxy) is 1. The highest BCUT2D eigenvalue weighted by Gasteiger charge is 2.10. The monoisotopic (exact) mass is 307 g/mol. The molecule has 0 heterocycles. The SMILES string of the molecule is CCOC(=O)C(C)N.CP(=O)(Cl)Oc1ccccc1. The van der Waals surface area contributed by atoms with Gasteiger partial charge in [0.05, 0.1) is 6.61 Å². The summed E-state index contributed by atoms with van der Waals surface area (Å²) in [6.07, 6.45) is 0. The van der Waals surface area contributed by atoms with Crippen molar-refractivity contribution in [3.05, 3.63) is 30.3 Å². The molecule has 0 bridgehead atoms. The predicted octanol–water partition coefficient (Wildman–Crippen LogP) is 3.02. The van der Waals surface area contributed by atoms with Gasteiger partial charge in [-0.1, -0.05) is 18.2 Å². The van der Waals surface area contributed by atoms with Crippen molar-refractivity contribution in [2.24, 2.45) is 5.73 Å². The molecule has 2 unspecified atom stereocenters. The van der Waals surface area contributed by atoms with E-state index in [-0.39, 0.29) is 5.97 Å². The van der Waals surface area contributed by atoms with E-state index in [0.717, 1.165) is 0 Å². The summed E-state index contributed by atoms with van der Waals surface area (Å²) in [6.45, 7) is 2.20. The smallest absolute Gasteiger partial charge is 0.333 e. The van der Waals surface area contributed by atoms with Crippen LogP contribution >= 0.6 is 18.0 Å². The molecule has 0 aromatic heterocycles. The van der Waals surface area contributed by atoms with Gasteiger partial charge in [-0.15, -0.1) is 0 Å². The summed E-state index contributed by atoms with van der Waals surface area (Å²) < 4.78 is 20.4. The summed E-state index contributed by atoms with van der Waals surface area (Å²) in [5.74, 6) is 0.195. The van der Waals surface area contributed by atoms with Crippen LogP contribution in [0.1, 0.15) is 13.8 Å². The Morgan fingerprint density at radius 1 is 1.42 bits per heavy atom. The number of esters is 1. The van der Waals surface area contributed by atoms with Crippen molar-refractivity contribution in [1.82, 2.24) is 0 Å². The van der Waals surface area contributed by atoms with Crippen LogP contribution in [0.15, 0.2) is 30.3 Å². The number of rotatable bonds is 4. The summed E-state index contributed by atoms with van der Waals surface area (Å²) in [5, 5.41) is 0. The molecule has 108 valence electrons. The van der Waals surface area contributed by atoms with Crippen LogP contribution in [0.3, 0.4) is 0 Å². The Morgan fingerprint density at radius 3 is 2.26 bits per heavy atom. The standard InChI is InChI=1S/C7H8ClO2P.C5H11NO2/c1-11(8,9)10-7-5-3-2-4-6-7;1-3-8-5(7)4(2)6/h2-6H,1H3;4H,3,6H2,1-2H3. The summed E-state index contributed by atoms with van der Waals surface area (Å²) >= 11 is 5.40. The van der Waals surface area contributed by atoms with Gasteiger partial charge in [-0.3, -0.25) is 9.36 Å². The van der Waals surface area contributed by atoms with Crippen LogP contribution in [0.5, 0.6) is 5.75 Å². The Kier molecular flexibility index (Phi) is 8.48. The molecule has 0 aliphatic carbocycles. The van der Waals surface area contributed by atoms with E-state index in [1.54, 1.807) is 38.1 Å². The van der Waals surface area contributed by atoms with Gasteiger partial charge >= 0.3 is 12.7 Å². The summed E-state index contributed by atoms with van der Waals surface area (Å²) in [7, 11) is 0. The molecular formula is C12H19ClNO4P. The second-order valence-corrected chi connectivity index (χ2v) is 7.21. The van der Waals surface area contributed by atoms with Crippen LogP contribution in [-0.4, -0.2) is 25.3 Å². The maximum atomic E-state index is 10.9. The third-order valence-corrected chi connectivity index (χ3v) is 2.41. The van der Waals surface area contributed by atoms with Crippen molar-refractivity contribution in [3.8, 4) is 5.75 Å². The van der Waals surface area contributed by atoms with Crippen molar-refractivity contribution < 1.29 is 18.6 Å². The molecule has 0 radical (unpaired) electrons. The fourth-order valence-corrected chi connectivity index (χ4v) is 1.68. The Balaban J connectivity index is 0.000000362. The highest BCUT2D eigenvalue weighted by molar-refractivity contribution is 7.85. The van der Waals surface area contributed by atoms with E-state index in [4.69, 9.17) is 21.5 Å². The Morgan fingerprint density at radius 2 is 1.95 bits per heavy atom. The van der Waals surface area contributed by atoms with Crippen molar-refractivity contribution >= 4 is 23.9 Å². The Hall–Kier alpha value is -1.03. The van der Waals surface area contributed by atoms with Crippen molar-refractivity contribution in [1.29, 1.82) is 0 Å². The van der Waals surface area contributed by atoms with Gasteiger partial charge in [-0.25, -0.2) is 0 Å². The van der Waals surface area contributed by atoms with Gasteiger partial charge < -0.3 is 15.0 Å². The number of halogens is 1. The lowest BCUT2D eigenvalue weighted by molar-refractivity contribution is -0.144. The van der Waals surface area contributed by atoms with E-state index in [9.17, 15) is 9.36 Å². The topological polar surface area (TPSA) is 78.6 Å². The first kappa shape index (κ1) is 18.0. The zero-order valence-corrected chi connectivity index (χ0v) is 12.9. The highest BCUT2D eigenvalue weighted by Crippen LogP contribution is 2.47. The lowest BCUT2D eigenvalue weighted by Crippen LogP contribution is -2.28. The molecule has 1 aromatic carbocycles. The Bertz CT molecular complexity index is 419. The molecule has 0 saturated heterocycles. The van der Waals surface area contributed by atoms with Gasteiger partial charge in [0, 0.05) is 6.66 Å². The molecule has 0 amide bonds. The number of carbonyl (C=O) groups is 1. The summed E-state index contributed by atoms with van der Waals surface area (Å²) in [4.78, 5) is 10.4. The highest BCUT2D eigenvalue weighted by atomic mass is 35.7. The largest absolute Gasteiger partial charge is 0.465 e. The maximum absolute atomic E-state index is 10.9. The Labute approximate surface area is 118 Å². The molecule has 5 nitrogen and oxygen atoms in total. The van der Waals surface area contributed by atoms with Crippen LogP contribution in [-0.2, 0) is 14.1 Å². The first-order valence-corrected chi connectivity index (χ1v) is 8.68. The van der Waals surface area contributed by atoms with Crippen molar-refractivity contribution in [3.63, 3.8) is 0 Å². The number of para-hydroxylation sites is 1. The average molecular weight is 308 g/mol. The van der Waals surface area contributed by atoms with Gasteiger partial charge in [0.25, 0.3) is 0 Å². The van der Waals surface area contributed by atoms with E-state index in [2.05, 4.69) is 4.74 Å². The van der Waals surface area contributed by atoms with Gasteiger partial charge in [-0.05, 0) is 37.2 Å². The van der Waals surface area contributed by atoms with Crippen molar-refractivity contribution in [2.45, 2.75) is 19.9 Å². The summed E-state index contributed by atoms with van der Waals surface area (Å²) in [5.41, 5.74) is 5.15. The molecule has 2 atom stereocenters. The molecule has 2 N–H and O–H groups in total. The third kappa shape index (κ3) is 10.6. The van der Waals surface area contributed by atoms with E-state index in [1.807, 2.05) is 6.07 Å². The number of carbonyl (C=O) groups excluding carboxylic acids is 1. The van der Waals surface area contributed by atoms with Gasteiger partial charge in [0.1, 0.15) is 11.8 Å². The first-order chi connectivity index (χ1) is 8.76. The van der Waals surface area contributed by atoms with E-state index < -0.39 is 12.8 Å². The minimum Gasteiger partial charge on any atom is -0.465 e. The molecule has 0 spiro atoms. The lowest BCUT2D eigenvalue weighted by atomic mass is 10.3. The molecule has 1 aromatic rings. The van der Waals surface area contributed by atoms with Crippen LogP contribution in [0.25, 0.3) is 0 Å². The number of hydrogen-bond acceptors (Lipinski definition) is 5. The fraction of sp³-hybridized carbons (Fsp3) is 0.417. The van der Waals surface area contributed by atoms with Crippen LogP contribution in [0.2, 0.25) is 0 Å². The van der Waals surface area contributed by atoms with Gasteiger partial charge in [0.15, 0.2) is 0 Å². The number of nitrogens with two attached hydrogens (primary N) is 1. The maximum Gasteiger partial charge on any atom is 0.333 e. The van der Waals surface area contributed by atoms with Gasteiger partial charge in [-0.2, -0.15) is 0 Å². The molecule has 7 heteroatoms. The quantitative estimate of drug-likeness (QED) is 0.683. The number of hydrogen-bond donors (Lipinski definition) is 1. The van der Waals surface area contributed by atoms with Gasteiger partial charge in [0.2, 0.25) is 0 Å². The lowest BCUT2D eigenvalue weighted by Gasteiger charge is -2.06. The summed E-state index contributed by atoms with van der Waals surface area (Å²) in [6, 6.07) is 8.36. The minimum absolute atomic E-state index is 0.340. The molecular weight excluding hydrogens is 289 g/mol.